The zero-order valence-electron chi connectivity index (χ0n) is 18.8. The summed E-state index contributed by atoms with van der Waals surface area (Å²) in [6.45, 7) is 1.77. The van der Waals surface area contributed by atoms with E-state index in [1.165, 1.54) is 4.31 Å². The molecule has 0 unspecified atom stereocenters. The first-order chi connectivity index (χ1) is 16.2. The van der Waals surface area contributed by atoms with Crippen LogP contribution in [0.4, 0.5) is 0 Å². The van der Waals surface area contributed by atoms with Crippen LogP contribution in [0.2, 0.25) is 0 Å². The Morgan fingerprint density at radius 2 is 1.47 bits per heavy atom. The first-order valence-electron chi connectivity index (χ1n) is 11.3. The van der Waals surface area contributed by atoms with Gasteiger partial charge in [-0.15, -0.1) is 0 Å². The zero-order chi connectivity index (χ0) is 24.2. The summed E-state index contributed by atoms with van der Waals surface area (Å²) < 4.78 is 59.1. The molecule has 0 radical (unpaired) electrons. The monoisotopic (exact) mass is 507 g/mol. The Balaban J connectivity index is 1.24. The first kappa shape index (κ1) is 24.8. The van der Waals surface area contributed by atoms with Gasteiger partial charge in [0.25, 0.3) is 0 Å². The highest BCUT2D eigenvalue weighted by molar-refractivity contribution is 7.89. The molecular formula is C23H29N3O6S2. The molecule has 1 saturated heterocycles. The Morgan fingerprint density at radius 3 is 2.09 bits per heavy atom. The molecule has 11 heteroatoms. The van der Waals surface area contributed by atoms with Crippen molar-refractivity contribution >= 4 is 26.0 Å². The molecule has 0 bridgehead atoms. The number of rotatable bonds is 10. The van der Waals surface area contributed by atoms with Gasteiger partial charge in [-0.2, -0.15) is 4.31 Å². The average molecular weight is 508 g/mol. The standard InChI is InChI=1S/C23H29N3O6S2/c27-23(12-5-18-1-8-21(9-2-18)33(28,29)25-20-6-7-20)24-17-19-3-10-22(11-4-19)34(30,31)26-13-15-32-16-14-26/h1-4,8-11,20,25H,5-7,12-17H2,(H,24,27). The van der Waals surface area contributed by atoms with E-state index in [4.69, 9.17) is 4.74 Å². The molecule has 4 rings (SSSR count). The number of carbonyl (C=O) groups excluding carboxylic acids is 1. The van der Waals surface area contributed by atoms with Gasteiger partial charge >= 0.3 is 0 Å². The summed E-state index contributed by atoms with van der Waals surface area (Å²) in [6, 6.07) is 13.1. The number of nitrogens with one attached hydrogen (secondary N) is 2. The van der Waals surface area contributed by atoms with Crippen LogP contribution in [0.25, 0.3) is 0 Å². The number of benzene rings is 2. The molecule has 2 fully saturated rings. The maximum Gasteiger partial charge on any atom is 0.243 e. The number of amides is 1. The number of hydrogen-bond donors (Lipinski definition) is 2. The molecule has 0 aromatic heterocycles. The minimum Gasteiger partial charge on any atom is -0.379 e. The summed E-state index contributed by atoms with van der Waals surface area (Å²) in [5.74, 6) is -0.142. The summed E-state index contributed by atoms with van der Waals surface area (Å²) in [6.07, 6.45) is 2.50. The van der Waals surface area contributed by atoms with E-state index < -0.39 is 20.0 Å². The van der Waals surface area contributed by atoms with Crippen molar-refractivity contribution in [3.05, 3.63) is 59.7 Å². The lowest BCUT2D eigenvalue weighted by Gasteiger charge is -2.26. The summed E-state index contributed by atoms with van der Waals surface area (Å²) >= 11 is 0. The molecule has 184 valence electrons. The van der Waals surface area contributed by atoms with Crippen LogP contribution in [0.15, 0.2) is 58.3 Å². The van der Waals surface area contributed by atoms with Crippen LogP contribution in [0.3, 0.4) is 0 Å². The molecule has 1 amide bonds. The van der Waals surface area contributed by atoms with Gasteiger partial charge in [0, 0.05) is 32.1 Å². The second-order valence-electron chi connectivity index (χ2n) is 8.48. The fraction of sp³-hybridized carbons (Fsp3) is 0.435. The van der Waals surface area contributed by atoms with Gasteiger partial charge in [0.1, 0.15) is 0 Å². The molecule has 0 atom stereocenters. The van der Waals surface area contributed by atoms with Crippen molar-refractivity contribution in [1.82, 2.24) is 14.3 Å². The third-order valence-electron chi connectivity index (χ3n) is 5.79. The second kappa shape index (κ2) is 10.5. The molecule has 34 heavy (non-hydrogen) atoms. The van der Waals surface area contributed by atoms with Crippen molar-refractivity contribution in [2.45, 2.75) is 48.1 Å². The SMILES string of the molecule is O=C(CCc1ccc(S(=O)(=O)NC2CC2)cc1)NCc1ccc(S(=O)(=O)N2CCOCC2)cc1. The Labute approximate surface area is 200 Å². The minimum absolute atomic E-state index is 0.0544. The number of aryl methyl sites for hydroxylation is 1. The molecule has 2 aliphatic rings. The molecule has 2 aromatic carbocycles. The van der Waals surface area contributed by atoms with Crippen molar-refractivity contribution in [1.29, 1.82) is 0 Å². The Bertz CT molecular complexity index is 1200. The topological polar surface area (TPSA) is 122 Å². The first-order valence-corrected chi connectivity index (χ1v) is 14.2. The zero-order valence-corrected chi connectivity index (χ0v) is 20.4. The molecular weight excluding hydrogens is 478 g/mol. The van der Waals surface area contributed by atoms with E-state index in [0.717, 1.165) is 24.0 Å². The molecule has 1 saturated carbocycles. The number of nitrogens with zero attached hydrogens (tertiary/aromatic N) is 1. The van der Waals surface area contributed by atoms with Crippen molar-refractivity contribution < 1.29 is 26.4 Å². The lowest BCUT2D eigenvalue weighted by Crippen LogP contribution is -2.40. The van der Waals surface area contributed by atoms with E-state index in [9.17, 15) is 21.6 Å². The summed E-state index contributed by atoms with van der Waals surface area (Å²) in [5.41, 5.74) is 1.67. The Morgan fingerprint density at radius 1 is 0.882 bits per heavy atom. The average Bonchev–Trinajstić information content (AvgIpc) is 3.66. The second-order valence-corrected chi connectivity index (χ2v) is 12.1. The number of morpholine rings is 1. The molecule has 1 aliphatic heterocycles. The van der Waals surface area contributed by atoms with Crippen molar-refractivity contribution in [2.75, 3.05) is 26.3 Å². The normalized spacial score (nSPS) is 17.4. The van der Waals surface area contributed by atoms with Crippen LogP contribution in [-0.4, -0.2) is 59.4 Å². The van der Waals surface area contributed by atoms with Crippen LogP contribution in [0, 0.1) is 0 Å². The van der Waals surface area contributed by atoms with E-state index in [-0.39, 0.29) is 28.2 Å². The van der Waals surface area contributed by atoms with Crippen LogP contribution >= 0.6 is 0 Å². The van der Waals surface area contributed by atoms with Gasteiger partial charge in [-0.1, -0.05) is 24.3 Å². The van der Waals surface area contributed by atoms with Gasteiger partial charge in [0.2, 0.25) is 26.0 Å². The Hall–Kier alpha value is -2.31. The van der Waals surface area contributed by atoms with E-state index in [2.05, 4.69) is 10.0 Å². The molecule has 0 spiro atoms. The highest BCUT2D eigenvalue weighted by atomic mass is 32.2. The summed E-state index contributed by atoms with van der Waals surface area (Å²) in [5, 5.41) is 2.83. The van der Waals surface area contributed by atoms with Crippen LogP contribution in [0.5, 0.6) is 0 Å². The van der Waals surface area contributed by atoms with E-state index >= 15 is 0 Å². The highest BCUT2D eigenvalue weighted by Crippen LogP contribution is 2.22. The third kappa shape index (κ3) is 6.42. The summed E-state index contributed by atoms with van der Waals surface area (Å²) in [7, 11) is -7.02. The Kier molecular flexibility index (Phi) is 7.68. The maximum absolute atomic E-state index is 12.7. The molecule has 2 aromatic rings. The number of hydrogen-bond acceptors (Lipinski definition) is 6. The molecule has 9 nitrogen and oxygen atoms in total. The number of ether oxygens (including phenoxy) is 1. The van der Waals surface area contributed by atoms with Crippen molar-refractivity contribution in [2.24, 2.45) is 0 Å². The quantitative estimate of drug-likeness (QED) is 0.501. The molecule has 2 N–H and O–H groups in total. The van der Waals surface area contributed by atoms with E-state index in [1.807, 2.05) is 0 Å². The van der Waals surface area contributed by atoms with Crippen molar-refractivity contribution in [3.63, 3.8) is 0 Å². The largest absolute Gasteiger partial charge is 0.379 e. The fourth-order valence-electron chi connectivity index (χ4n) is 3.59. The predicted octanol–water partition coefficient (Wildman–Crippen LogP) is 1.40. The van der Waals surface area contributed by atoms with Gasteiger partial charge in [0.05, 0.1) is 23.0 Å². The highest BCUT2D eigenvalue weighted by Gasteiger charge is 2.28. The number of carbonyl (C=O) groups is 1. The molecule has 1 heterocycles. The van der Waals surface area contributed by atoms with Crippen LogP contribution < -0.4 is 10.0 Å². The van der Waals surface area contributed by atoms with Crippen LogP contribution in [-0.2, 0) is 42.5 Å². The van der Waals surface area contributed by atoms with E-state index in [1.54, 1.807) is 48.5 Å². The summed E-state index contributed by atoms with van der Waals surface area (Å²) in [4.78, 5) is 12.7. The lowest BCUT2D eigenvalue weighted by atomic mass is 10.1. The fourth-order valence-corrected chi connectivity index (χ4v) is 6.30. The van der Waals surface area contributed by atoms with Crippen LogP contribution in [0.1, 0.15) is 30.4 Å². The predicted molar refractivity (Wildman–Crippen MR) is 126 cm³/mol. The number of sulfonamides is 2. The van der Waals surface area contributed by atoms with Gasteiger partial charge in [-0.05, 0) is 54.7 Å². The van der Waals surface area contributed by atoms with Gasteiger partial charge in [-0.25, -0.2) is 21.6 Å². The third-order valence-corrected chi connectivity index (χ3v) is 9.24. The van der Waals surface area contributed by atoms with Gasteiger partial charge in [0.15, 0.2) is 0 Å². The lowest BCUT2D eigenvalue weighted by molar-refractivity contribution is -0.121. The van der Waals surface area contributed by atoms with Gasteiger partial charge in [-0.3, -0.25) is 4.79 Å². The van der Waals surface area contributed by atoms with Crippen molar-refractivity contribution in [3.8, 4) is 0 Å². The molecule has 1 aliphatic carbocycles. The van der Waals surface area contributed by atoms with Gasteiger partial charge < -0.3 is 10.1 Å². The smallest absolute Gasteiger partial charge is 0.243 e. The maximum atomic E-state index is 12.7. The minimum atomic E-state index is -3.54. The van der Waals surface area contributed by atoms with E-state index in [0.29, 0.717) is 39.3 Å².